The Bertz CT molecular complexity index is 336. The molecule has 1 atom stereocenters. The Kier molecular flexibility index (Phi) is 5.72. The molecule has 86 valence electrons. The van der Waals surface area contributed by atoms with Crippen LogP contribution in [0.4, 0.5) is 0 Å². The Morgan fingerprint density at radius 2 is 2.33 bits per heavy atom. The van der Waals surface area contributed by atoms with Crippen LogP contribution in [0.3, 0.4) is 0 Å². The molecule has 0 radical (unpaired) electrons. The van der Waals surface area contributed by atoms with Gasteiger partial charge in [-0.25, -0.2) is 0 Å². The van der Waals surface area contributed by atoms with Gasteiger partial charge in [0.1, 0.15) is 0 Å². The predicted octanol–water partition coefficient (Wildman–Crippen LogP) is 1.06. The zero-order valence-electron chi connectivity index (χ0n) is 8.66. The third-order valence-electron chi connectivity index (χ3n) is 1.93. The van der Waals surface area contributed by atoms with Crippen molar-refractivity contribution in [2.75, 3.05) is 0 Å². The van der Waals surface area contributed by atoms with Gasteiger partial charge in [0, 0.05) is 18.9 Å². The molecule has 1 amide bonds. The topological polar surface area (TPSA) is 60.1 Å². The van der Waals surface area contributed by atoms with Gasteiger partial charge < -0.3 is 15.6 Å². The number of aromatic nitrogens is 1. The summed E-state index contributed by atoms with van der Waals surface area (Å²) < 4.78 is 1.86. The fourth-order valence-corrected chi connectivity index (χ4v) is 1.35. The van der Waals surface area contributed by atoms with E-state index in [1.807, 2.05) is 17.7 Å². The smallest absolute Gasteiger partial charge is 0.236 e. The Hall–Kier alpha value is -0.710. The van der Waals surface area contributed by atoms with Crippen LogP contribution < -0.4 is 11.1 Å². The number of hydrogen-bond donors (Lipinski definition) is 2. The van der Waals surface area contributed by atoms with E-state index >= 15 is 0 Å². The molecule has 0 saturated heterocycles. The van der Waals surface area contributed by atoms with Crippen LogP contribution in [0, 0.1) is 0 Å². The van der Waals surface area contributed by atoms with Crippen LogP contribution in [-0.4, -0.2) is 16.5 Å². The summed E-state index contributed by atoms with van der Waals surface area (Å²) in [4.78, 5) is 11.2. The molecule has 1 heterocycles. The maximum Gasteiger partial charge on any atom is 0.236 e. The summed E-state index contributed by atoms with van der Waals surface area (Å²) in [5.41, 5.74) is 6.35. The van der Waals surface area contributed by atoms with Crippen LogP contribution in [0.15, 0.2) is 12.3 Å². The molecule has 0 aromatic carbocycles. The minimum absolute atomic E-state index is 0. The summed E-state index contributed by atoms with van der Waals surface area (Å²) in [5.74, 6) is -0.165. The fraction of sp³-hybridized carbons (Fsp3) is 0.444. The molecule has 0 aliphatic carbocycles. The van der Waals surface area contributed by atoms with Crippen LogP contribution in [-0.2, 0) is 18.4 Å². The standard InChI is InChI=1S/C9H14ClN3O.ClH/c1-6(11)9(14)12-4-8-3-7(10)5-13(8)2;/h3,5-6H,4,11H2,1-2H3,(H,12,14);1H. The van der Waals surface area contributed by atoms with E-state index in [-0.39, 0.29) is 18.3 Å². The van der Waals surface area contributed by atoms with E-state index in [1.54, 1.807) is 13.1 Å². The van der Waals surface area contributed by atoms with Gasteiger partial charge in [-0.1, -0.05) is 11.6 Å². The molecular formula is C9H15Cl2N3O. The van der Waals surface area contributed by atoms with E-state index in [4.69, 9.17) is 17.3 Å². The predicted molar refractivity (Wildman–Crippen MR) is 63.2 cm³/mol. The second-order valence-electron chi connectivity index (χ2n) is 3.27. The molecule has 0 spiro atoms. The average Bonchev–Trinajstić information content (AvgIpc) is 2.40. The molecule has 1 rings (SSSR count). The minimum atomic E-state index is -0.481. The molecule has 0 aliphatic rings. The molecule has 4 nitrogen and oxygen atoms in total. The van der Waals surface area contributed by atoms with E-state index in [0.717, 1.165) is 5.69 Å². The molecule has 6 heteroatoms. The maximum atomic E-state index is 11.2. The van der Waals surface area contributed by atoms with Crippen molar-refractivity contribution in [2.45, 2.75) is 19.5 Å². The number of nitrogens with two attached hydrogens (primary N) is 1. The Labute approximate surface area is 100 Å². The third-order valence-corrected chi connectivity index (χ3v) is 2.14. The Morgan fingerprint density at radius 1 is 1.73 bits per heavy atom. The van der Waals surface area contributed by atoms with Gasteiger partial charge in [-0.2, -0.15) is 0 Å². The molecule has 15 heavy (non-hydrogen) atoms. The zero-order valence-corrected chi connectivity index (χ0v) is 10.2. The fourth-order valence-electron chi connectivity index (χ4n) is 1.08. The molecule has 0 saturated carbocycles. The highest BCUT2D eigenvalue weighted by molar-refractivity contribution is 6.30. The Balaban J connectivity index is 0.00000196. The van der Waals surface area contributed by atoms with Crippen molar-refractivity contribution >= 4 is 29.9 Å². The summed E-state index contributed by atoms with van der Waals surface area (Å²) in [6.07, 6.45) is 1.79. The lowest BCUT2D eigenvalue weighted by Crippen LogP contribution is -2.38. The van der Waals surface area contributed by atoms with Crippen molar-refractivity contribution in [1.29, 1.82) is 0 Å². The van der Waals surface area contributed by atoms with Crippen molar-refractivity contribution in [3.8, 4) is 0 Å². The Morgan fingerprint density at radius 3 is 2.73 bits per heavy atom. The highest BCUT2D eigenvalue weighted by Crippen LogP contribution is 2.12. The number of carbonyl (C=O) groups excluding carboxylic acids is 1. The number of carbonyl (C=O) groups is 1. The first-order valence-electron chi connectivity index (χ1n) is 4.34. The van der Waals surface area contributed by atoms with Gasteiger partial charge in [0.2, 0.25) is 5.91 Å². The summed E-state index contributed by atoms with van der Waals surface area (Å²) in [6, 6.07) is 1.33. The van der Waals surface area contributed by atoms with Crippen LogP contribution >= 0.6 is 24.0 Å². The van der Waals surface area contributed by atoms with E-state index in [1.165, 1.54) is 0 Å². The molecule has 1 unspecified atom stereocenters. The molecule has 3 N–H and O–H groups in total. The van der Waals surface area contributed by atoms with Crippen molar-refractivity contribution in [2.24, 2.45) is 12.8 Å². The van der Waals surface area contributed by atoms with E-state index in [9.17, 15) is 4.79 Å². The van der Waals surface area contributed by atoms with Gasteiger partial charge >= 0.3 is 0 Å². The second-order valence-corrected chi connectivity index (χ2v) is 3.70. The van der Waals surface area contributed by atoms with E-state index in [0.29, 0.717) is 11.6 Å². The molecule has 1 aromatic heterocycles. The van der Waals surface area contributed by atoms with Gasteiger partial charge in [0.05, 0.1) is 17.6 Å². The number of nitrogens with zero attached hydrogens (tertiary/aromatic N) is 1. The normalized spacial score (nSPS) is 11.7. The molecule has 0 bridgehead atoms. The zero-order chi connectivity index (χ0) is 10.7. The van der Waals surface area contributed by atoms with Crippen LogP contribution in [0.25, 0.3) is 0 Å². The first kappa shape index (κ1) is 14.3. The quantitative estimate of drug-likeness (QED) is 0.845. The van der Waals surface area contributed by atoms with Crippen molar-refractivity contribution in [1.82, 2.24) is 9.88 Å². The van der Waals surface area contributed by atoms with Gasteiger partial charge in [-0.3, -0.25) is 4.79 Å². The van der Waals surface area contributed by atoms with E-state index in [2.05, 4.69) is 5.32 Å². The highest BCUT2D eigenvalue weighted by atomic mass is 35.5. The van der Waals surface area contributed by atoms with Gasteiger partial charge in [-0.15, -0.1) is 12.4 Å². The maximum absolute atomic E-state index is 11.2. The minimum Gasteiger partial charge on any atom is -0.351 e. The van der Waals surface area contributed by atoms with E-state index < -0.39 is 6.04 Å². The first-order chi connectivity index (χ1) is 6.50. The lowest BCUT2D eigenvalue weighted by atomic mass is 10.3. The number of hydrogen-bond acceptors (Lipinski definition) is 2. The summed E-state index contributed by atoms with van der Waals surface area (Å²) in [5, 5.41) is 3.37. The monoisotopic (exact) mass is 251 g/mol. The molecular weight excluding hydrogens is 237 g/mol. The average molecular weight is 252 g/mol. The molecule has 0 aliphatic heterocycles. The summed E-state index contributed by atoms with van der Waals surface area (Å²) in [7, 11) is 1.87. The van der Waals surface area contributed by atoms with Gasteiger partial charge in [-0.05, 0) is 13.0 Å². The largest absolute Gasteiger partial charge is 0.351 e. The third kappa shape index (κ3) is 4.11. The number of rotatable bonds is 3. The van der Waals surface area contributed by atoms with Crippen molar-refractivity contribution in [3.05, 3.63) is 23.0 Å². The van der Waals surface area contributed by atoms with Crippen LogP contribution in [0.5, 0.6) is 0 Å². The number of halogens is 2. The summed E-state index contributed by atoms with van der Waals surface area (Å²) in [6.45, 7) is 2.09. The van der Waals surface area contributed by atoms with Crippen LogP contribution in [0.2, 0.25) is 5.02 Å². The van der Waals surface area contributed by atoms with Crippen molar-refractivity contribution in [3.63, 3.8) is 0 Å². The van der Waals surface area contributed by atoms with Crippen molar-refractivity contribution < 1.29 is 4.79 Å². The van der Waals surface area contributed by atoms with Gasteiger partial charge in [0.15, 0.2) is 0 Å². The number of aryl methyl sites for hydroxylation is 1. The summed E-state index contributed by atoms with van der Waals surface area (Å²) >= 11 is 5.79. The highest BCUT2D eigenvalue weighted by Gasteiger charge is 2.07. The van der Waals surface area contributed by atoms with Crippen LogP contribution in [0.1, 0.15) is 12.6 Å². The first-order valence-corrected chi connectivity index (χ1v) is 4.72. The SMILES string of the molecule is CC(N)C(=O)NCc1cc(Cl)cn1C.Cl. The lowest BCUT2D eigenvalue weighted by Gasteiger charge is -2.07. The second kappa shape index (κ2) is 6.00. The van der Waals surface area contributed by atoms with Gasteiger partial charge in [0.25, 0.3) is 0 Å². The lowest BCUT2D eigenvalue weighted by molar-refractivity contribution is -0.122. The molecule has 0 fully saturated rings. The molecule has 1 aromatic rings. The number of amides is 1. The number of nitrogens with one attached hydrogen (secondary N) is 1.